The average Bonchev–Trinajstić information content (AvgIpc) is 2.93. The van der Waals surface area contributed by atoms with E-state index in [9.17, 15) is 9.59 Å². The maximum Gasteiger partial charge on any atom is 0.304 e. The number of carboxylic acids is 1. The van der Waals surface area contributed by atoms with Crippen molar-refractivity contribution in [3.63, 3.8) is 0 Å². The molecule has 0 atom stereocenters. The predicted molar refractivity (Wildman–Crippen MR) is 64.7 cm³/mol. The Hall–Kier alpha value is -1.10. The highest BCUT2D eigenvalue weighted by Crippen LogP contribution is 2.19. The predicted octanol–water partition coefficient (Wildman–Crippen LogP) is 0.840. The summed E-state index contributed by atoms with van der Waals surface area (Å²) >= 11 is 0. The molecule has 98 valence electrons. The van der Waals surface area contributed by atoms with Crippen molar-refractivity contribution in [2.75, 3.05) is 13.1 Å². The fourth-order valence-electron chi connectivity index (χ4n) is 1.56. The molecule has 1 saturated carbocycles. The third kappa shape index (κ3) is 5.68. The lowest BCUT2D eigenvalue weighted by molar-refractivity contribution is -0.138. The number of nitrogens with one attached hydrogen (secondary N) is 1. The third-order valence-electron chi connectivity index (χ3n) is 2.82. The number of carbonyl (C=O) groups excluding carboxylic acids is 1. The number of hydrogen-bond donors (Lipinski definition) is 2. The van der Waals surface area contributed by atoms with Crippen LogP contribution in [0.3, 0.4) is 0 Å². The summed E-state index contributed by atoms with van der Waals surface area (Å²) in [5.41, 5.74) is -0.198. The van der Waals surface area contributed by atoms with Crippen molar-refractivity contribution in [1.29, 1.82) is 0 Å². The summed E-state index contributed by atoms with van der Waals surface area (Å²) in [5, 5.41) is 11.6. The molecule has 0 heterocycles. The Balaban J connectivity index is 2.43. The highest BCUT2D eigenvalue weighted by molar-refractivity contribution is 5.78. The van der Waals surface area contributed by atoms with Crippen LogP contribution in [0.25, 0.3) is 0 Å². The van der Waals surface area contributed by atoms with Gasteiger partial charge in [0.2, 0.25) is 5.91 Å². The Morgan fingerprint density at radius 3 is 2.35 bits per heavy atom. The van der Waals surface area contributed by atoms with E-state index in [0.717, 1.165) is 12.8 Å². The van der Waals surface area contributed by atoms with Gasteiger partial charge in [-0.1, -0.05) is 0 Å². The molecule has 0 saturated heterocycles. The van der Waals surface area contributed by atoms with Crippen LogP contribution in [0.1, 0.15) is 40.0 Å². The fourth-order valence-corrected chi connectivity index (χ4v) is 1.56. The molecule has 0 aromatic rings. The van der Waals surface area contributed by atoms with Gasteiger partial charge in [-0.15, -0.1) is 0 Å². The van der Waals surface area contributed by atoms with E-state index in [1.165, 1.54) is 0 Å². The first-order chi connectivity index (χ1) is 7.79. The van der Waals surface area contributed by atoms with Gasteiger partial charge >= 0.3 is 5.97 Å². The van der Waals surface area contributed by atoms with Crippen LogP contribution < -0.4 is 5.32 Å². The summed E-state index contributed by atoms with van der Waals surface area (Å²) in [4.78, 5) is 24.2. The molecule has 0 spiro atoms. The molecule has 1 amide bonds. The van der Waals surface area contributed by atoms with Crippen LogP contribution >= 0.6 is 0 Å². The molecule has 0 radical (unpaired) electrons. The normalized spacial score (nSPS) is 16.0. The number of carboxylic acid groups (broad SMARTS) is 1. The summed E-state index contributed by atoms with van der Waals surface area (Å²) in [6.07, 6.45) is 2.20. The highest BCUT2D eigenvalue weighted by Gasteiger charge is 2.27. The zero-order valence-corrected chi connectivity index (χ0v) is 10.8. The number of carbonyl (C=O) groups is 2. The van der Waals surface area contributed by atoms with E-state index in [4.69, 9.17) is 5.11 Å². The van der Waals surface area contributed by atoms with E-state index in [1.54, 1.807) is 0 Å². The van der Waals surface area contributed by atoms with E-state index in [-0.39, 0.29) is 24.4 Å². The summed E-state index contributed by atoms with van der Waals surface area (Å²) in [5.74, 6) is -0.838. The van der Waals surface area contributed by atoms with Crippen LogP contribution in [-0.2, 0) is 9.59 Å². The van der Waals surface area contributed by atoms with E-state index in [0.29, 0.717) is 12.6 Å². The Morgan fingerprint density at radius 1 is 1.35 bits per heavy atom. The molecule has 0 unspecified atom stereocenters. The lowest BCUT2D eigenvalue weighted by Gasteiger charge is -2.34. The first kappa shape index (κ1) is 14.0. The molecule has 5 heteroatoms. The lowest BCUT2D eigenvalue weighted by Crippen LogP contribution is -2.48. The van der Waals surface area contributed by atoms with Crippen molar-refractivity contribution < 1.29 is 14.7 Å². The first-order valence-corrected chi connectivity index (χ1v) is 6.05. The maximum atomic E-state index is 11.7. The summed E-state index contributed by atoms with van der Waals surface area (Å²) in [6, 6.07) is 0.351. The Bertz CT molecular complexity index is 293. The number of aliphatic carboxylic acids is 1. The topological polar surface area (TPSA) is 69.6 Å². The van der Waals surface area contributed by atoms with E-state index in [1.807, 2.05) is 25.7 Å². The average molecular weight is 242 g/mol. The Labute approximate surface area is 102 Å². The van der Waals surface area contributed by atoms with Crippen LogP contribution in [0.15, 0.2) is 0 Å². The number of amides is 1. The second-order valence-corrected chi connectivity index (χ2v) is 5.58. The Morgan fingerprint density at radius 2 is 1.94 bits per heavy atom. The monoisotopic (exact) mass is 242 g/mol. The molecule has 1 aliphatic carbocycles. The third-order valence-corrected chi connectivity index (χ3v) is 2.82. The second kappa shape index (κ2) is 5.49. The zero-order chi connectivity index (χ0) is 13.1. The summed E-state index contributed by atoms with van der Waals surface area (Å²) < 4.78 is 0. The minimum absolute atomic E-state index is 0.00665. The van der Waals surface area contributed by atoms with Gasteiger partial charge in [0.25, 0.3) is 0 Å². The number of rotatable bonds is 6. The van der Waals surface area contributed by atoms with E-state index < -0.39 is 5.97 Å². The van der Waals surface area contributed by atoms with Gasteiger partial charge in [0.05, 0.1) is 13.0 Å². The fraction of sp³-hybridized carbons (Fsp3) is 0.833. The number of nitrogens with zero attached hydrogens (tertiary/aromatic N) is 1. The van der Waals surface area contributed by atoms with E-state index in [2.05, 4.69) is 5.32 Å². The van der Waals surface area contributed by atoms with Crippen LogP contribution in [-0.4, -0.2) is 46.6 Å². The standard InChI is InChI=1S/C12H22N2O3/c1-12(2,3)14(7-6-11(16)17)8-10(15)13-9-4-5-9/h9H,4-8H2,1-3H3,(H,13,15)(H,16,17). The number of hydrogen-bond acceptors (Lipinski definition) is 3. The molecule has 5 nitrogen and oxygen atoms in total. The lowest BCUT2D eigenvalue weighted by atomic mass is 10.1. The van der Waals surface area contributed by atoms with Gasteiger partial charge in [0, 0.05) is 18.1 Å². The molecular formula is C12H22N2O3. The molecule has 1 aliphatic rings. The first-order valence-electron chi connectivity index (χ1n) is 6.05. The van der Waals surface area contributed by atoms with Crippen LogP contribution in [0.5, 0.6) is 0 Å². The smallest absolute Gasteiger partial charge is 0.304 e. The molecular weight excluding hydrogens is 220 g/mol. The van der Waals surface area contributed by atoms with Crippen molar-refractivity contribution in [3.8, 4) is 0 Å². The molecule has 0 aliphatic heterocycles. The van der Waals surface area contributed by atoms with Gasteiger partial charge in [0.15, 0.2) is 0 Å². The van der Waals surface area contributed by atoms with Crippen molar-refractivity contribution in [3.05, 3.63) is 0 Å². The van der Waals surface area contributed by atoms with Gasteiger partial charge in [-0.3, -0.25) is 14.5 Å². The molecule has 1 rings (SSSR count). The SMILES string of the molecule is CC(C)(C)N(CCC(=O)O)CC(=O)NC1CC1. The van der Waals surface area contributed by atoms with Crippen LogP contribution in [0.2, 0.25) is 0 Å². The minimum atomic E-state index is -0.832. The van der Waals surface area contributed by atoms with Gasteiger partial charge in [-0.25, -0.2) is 0 Å². The van der Waals surface area contributed by atoms with Gasteiger partial charge < -0.3 is 10.4 Å². The minimum Gasteiger partial charge on any atom is -0.481 e. The van der Waals surface area contributed by atoms with Crippen molar-refractivity contribution in [2.45, 2.75) is 51.6 Å². The van der Waals surface area contributed by atoms with Crippen molar-refractivity contribution in [2.24, 2.45) is 0 Å². The largest absolute Gasteiger partial charge is 0.481 e. The van der Waals surface area contributed by atoms with Crippen LogP contribution in [0.4, 0.5) is 0 Å². The van der Waals surface area contributed by atoms with Crippen molar-refractivity contribution in [1.82, 2.24) is 10.2 Å². The molecule has 0 aromatic carbocycles. The highest BCUT2D eigenvalue weighted by atomic mass is 16.4. The van der Waals surface area contributed by atoms with E-state index >= 15 is 0 Å². The summed E-state index contributed by atoms with van der Waals surface area (Å²) in [7, 11) is 0. The molecule has 0 bridgehead atoms. The van der Waals surface area contributed by atoms with Gasteiger partial charge in [0.1, 0.15) is 0 Å². The van der Waals surface area contributed by atoms with Gasteiger partial charge in [-0.2, -0.15) is 0 Å². The zero-order valence-electron chi connectivity index (χ0n) is 10.8. The quantitative estimate of drug-likeness (QED) is 0.724. The van der Waals surface area contributed by atoms with Crippen LogP contribution in [0, 0.1) is 0 Å². The molecule has 0 aromatic heterocycles. The molecule has 17 heavy (non-hydrogen) atoms. The summed E-state index contributed by atoms with van der Waals surface area (Å²) in [6.45, 7) is 6.63. The second-order valence-electron chi connectivity index (χ2n) is 5.58. The molecule has 2 N–H and O–H groups in total. The Kier molecular flexibility index (Phi) is 4.51. The maximum absolute atomic E-state index is 11.7. The van der Waals surface area contributed by atoms with Crippen molar-refractivity contribution >= 4 is 11.9 Å². The van der Waals surface area contributed by atoms with Gasteiger partial charge in [-0.05, 0) is 33.6 Å². The molecule has 1 fully saturated rings.